The Labute approximate surface area is 125 Å². The van der Waals surface area contributed by atoms with Gasteiger partial charge in [0.05, 0.1) is 12.0 Å². The molecular formula is C16H21ClN2O. The van der Waals surface area contributed by atoms with Gasteiger partial charge in [0.1, 0.15) is 0 Å². The topological polar surface area (TPSA) is 32.3 Å². The molecule has 2 saturated heterocycles. The number of nitrogens with zero attached hydrogens (tertiary/aromatic N) is 1. The molecule has 2 bridgehead atoms. The van der Waals surface area contributed by atoms with E-state index in [-0.39, 0.29) is 17.9 Å². The van der Waals surface area contributed by atoms with Crippen molar-refractivity contribution in [3.05, 3.63) is 34.9 Å². The predicted molar refractivity (Wildman–Crippen MR) is 80.7 cm³/mol. The maximum absolute atomic E-state index is 12.7. The van der Waals surface area contributed by atoms with Crippen LogP contribution in [0.3, 0.4) is 0 Å². The Hall–Kier alpha value is -1.06. The van der Waals surface area contributed by atoms with Crippen molar-refractivity contribution in [2.24, 2.45) is 5.92 Å². The van der Waals surface area contributed by atoms with Gasteiger partial charge in [0.25, 0.3) is 0 Å². The van der Waals surface area contributed by atoms with Crippen LogP contribution < -0.4 is 5.32 Å². The first kappa shape index (κ1) is 13.9. The number of hydrogen-bond donors (Lipinski definition) is 1. The van der Waals surface area contributed by atoms with E-state index in [9.17, 15) is 4.79 Å². The number of halogens is 1. The number of carbonyl (C=O) groups excluding carboxylic acids is 1. The van der Waals surface area contributed by atoms with Gasteiger partial charge in [-0.1, -0.05) is 23.7 Å². The second kappa shape index (κ2) is 5.38. The van der Waals surface area contributed by atoms with Gasteiger partial charge in [0.15, 0.2) is 0 Å². The van der Waals surface area contributed by atoms with Gasteiger partial charge < -0.3 is 10.2 Å². The summed E-state index contributed by atoms with van der Waals surface area (Å²) in [6.07, 6.45) is 3.37. The highest BCUT2D eigenvalue weighted by Gasteiger charge is 2.44. The van der Waals surface area contributed by atoms with Gasteiger partial charge in [-0.15, -0.1) is 0 Å². The van der Waals surface area contributed by atoms with E-state index in [0.29, 0.717) is 12.1 Å². The lowest BCUT2D eigenvalue weighted by Crippen LogP contribution is -2.40. The summed E-state index contributed by atoms with van der Waals surface area (Å²) in [5.41, 5.74) is 1.13. The number of nitrogens with one attached hydrogen (secondary N) is 1. The molecule has 2 aliphatic rings. The monoisotopic (exact) mass is 292 g/mol. The zero-order valence-electron chi connectivity index (χ0n) is 12.0. The average Bonchev–Trinajstić information content (AvgIpc) is 3.08. The van der Waals surface area contributed by atoms with Gasteiger partial charge in [-0.2, -0.15) is 0 Å². The first-order valence-corrected chi connectivity index (χ1v) is 7.72. The van der Waals surface area contributed by atoms with Gasteiger partial charge in [-0.05, 0) is 43.9 Å². The molecule has 20 heavy (non-hydrogen) atoms. The fraction of sp³-hybridized carbons (Fsp3) is 0.562. The fourth-order valence-electron chi connectivity index (χ4n) is 3.51. The molecule has 0 aliphatic carbocycles. The maximum Gasteiger partial charge on any atom is 0.227 e. The third kappa shape index (κ3) is 2.45. The molecule has 3 nitrogen and oxygen atoms in total. The molecule has 0 spiro atoms. The normalized spacial score (nSPS) is 29.4. The lowest BCUT2D eigenvalue weighted by atomic mass is 9.87. The van der Waals surface area contributed by atoms with Crippen molar-refractivity contribution in [1.29, 1.82) is 0 Å². The highest BCUT2D eigenvalue weighted by molar-refractivity contribution is 6.30. The van der Waals surface area contributed by atoms with Crippen LogP contribution in [0, 0.1) is 5.92 Å². The Kier molecular flexibility index (Phi) is 3.74. The van der Waals surface area contributed by atoms with Crippen LogP contribution in [0.2, 0.25) is 5.02 Å². The third-order valence-electron chi connectivity index (χ3n) is 4.90. The highest BCUT2D eigenvalue weighted by Crippen LogP contribution is 2.35. The summed E-state index contributed by atoms with van der Waals surface area (Å²) in [5, 5.41) is 4.26. The van der Waals surface area contributed by atoms with Crippen LogP contribution >= 0.6 is 11.6 Å². The SMILES string of the molecule is CC(c1ccc(Cl)cc1)N(C)C(=O)C1CC2CCC1N2. The molecule has 4 unspecified atom stereocenters. The van der Waals surface area contributed by atoms with Gasteiger partial charge in [-0.25, -0.2) is 0 Å². The highest BCUT2D eigenvalue weighted by atomic mass is 35.5. The van der Waals surface area contributed by atoms with Crippen LogP contribution in [0.15, 0.2) is 24.3 Å². The van der Waals surface area contributed by atoms with E-state index in [1.54, 1.807) is 0 Å². The van der Waals surface area contributed by atoms with Gasteiger partial charge in [0, 0.05) is 24.2 Å². The van der Waals surface area contributed by atoms with E-state index >= 15 is 0 Å². The van der Waals surface area contributed by atoms with Gasteiger partial charge in [-0.3, -0.25) is 4.79 Å². The van der Waals surface area contributed by atoms with Crippen LogP contribution in [-0.2, 0) is 4.79 Å². The summed E-state index contributed by atoms with van der Waals surface area (Å²) in [7, 11) is 1.91. The quantitative estimate of drug-likeness (QED) is 0.929. The Morgan fingerprint density at radius 1 is 1.35 bits per heavy atom. The van der Waals surface area contributed by atoms with Crippen LogP contribution in [0.4, 0.5) is 0 Å². The summed E-state index contributed by atoms with van der Waals surface area (Å²) < 4.78 is 0. The van der Waals surface area contributed by atoms with Crippen molar-refractivity contribution < 1.29 is 4.79 Å². The zero-order chi connectivity index (χ0) is 14.3. The minimum atomic E-state index is 0.0823. The molecule has 1 amide bonds. The van der Waals surface area contributed by atoms with Crippen molar-refractivity contribution in [3.63, 3.8) is 0 Å². The molecule has 4 atom stereocenters. The Morgan fingerprint density at radius 3 is 2.60 bits per heavy atom. The molecule has 108 valence electrons. The minimum absolute atomic E-state index is 0.0823. The second-order valence-electron chi connectivity index (χ2n) is 6.07. The van der Waals surface area contributed by atoms with Crippen molar-refractivity contribution in [2.75, 3.05) is 7.05 Å². The molecule has 1 N–H and O–H groups in total. The number of rotatable bonds is 3. The van der Waals surface area contributed by atoms with Crippen LogP contribution in [0.5, 0.6) is 0 Å². The molecule has 1 aromatic carbocycles. The Bertz CT molecular complexity index is 502. The number of fused-ring (bicyclic) bond motifs is 2. The van der Waals surface area contributed by atoms with Gasteiger partial charge >= 0.3 is 0 Å². The summed E-state index contributed by atoms with van der Waals surface area (Å²) in [6.45, 7) is 2.07. The summed E-state index contributed by atoms with van der Waals surface area (Å²) in [6, 6.07) is 8.79. The molecule has 0 radical (unpaired) electrons. The number of carbonyl (C=O) groups is 1. The third-order valence-corrected chi connectivity index (χ3v) is 5.15. The summed E-state index contributed by atoms with van der Waals surface area (Å²) in [5.74, 6) is 0.431. The number of benzene rings is 1. The van der Waals surface area contributed by atoms with Crippen LogP contribution in [0.25, 0.3) is 0 Å². The first-order valence-electron chi connectivity index (χ1n) is 7.34. The van der Waals surface area contributed by atoms with E-state index in [0.717, 1.165) is 23.4 Å². The van der Waals surface area contributed by atoms with Gasteiger partial charge in [0.2, 0.25) is 5.91 Å². The van der Waals surface area contributed by atoms with E-state index in [1.807, 2.05) is 36.2 Å². The Balaban J connectivity index is 1.70. The van der Waals surface area contributed by atoms with Crippen LogP contribution in [-0.4, -0.2) is 29.9 Å². The summed E-state index contributed by atoms with van der Waals surface area (Å²) >= 11 is 5.92. The van der Waals surface area contributed by atoms with Crippen molar-refractivity contribution in [3.8, 4) is 0 Å². The van der Waals surface area contributed by atoms with E-state index < -0.39 is 0 Å². The summed E-state index contributed by atoms with van der Waals surface area (Å²) in [4.78, 5) is 14.6. The fourth-order valence-corrected chi connectivity index (χ4v) is 3.64. The molecule has 2 heterocycles. The second-order valence-corrected chi connectivity index (χ2v) is 6.50. The predicted octanol–water partition coefficient (Wildman–Crippen LogP) is 3.00. The Morgan fingerprint density at radius 2 is 2.05 bits per heavy atom. The van der Waals surface area contributed by atoms with E-state index in [1.165, 1.54) is 6.42 Å². The molecule has 2 fully saturated rings. The first-order chi connectivity index (χ1) is 9.56. The van der Waals surface area contributed by atoms with E-state index in [4.69, 9.17) is 11.6 Å². The number of hydrogen-bond acceptors (Lipinski definition) is 2. The molecule has 1 aromatic rings. The largest absolute Gasteiger partial charge is 0.339 e. The average molecular weight is 293 g/mol. The smallest absolute Gasteiger partial charge is 0.227 e. The van der Waals surface area contributed by atoms with Crippen LogP contribution in [0.1, 0.15) is 37.8 Å². The van der Waals surface area contributed by atoms with E-state index in [2.05, 4.69) is 12.2 Å². The minimum Gasteiger partial charge on any atom is -0.339 e. The standard InChI is InChI=1S/C16H21ClN2O/c1-10(11-3-5-12(17)6-4-11)19(2)16(20)14-9-13-7-8-15(14)18-13/h3-6,10,13-15,18H,7-9H2,1-2H3. The maximum atomic E-state index is 12.7. The molecule has 0 aromatic heterocycles. The zero-order valence-corrected chi connectivity index (χ0v) is 12.7. The molecular weight excluding hydrogens is 272 g/mol. The number of amides is 1. The lowest BCUT2D eigenvalue weighted by molar-refractivity contribution is -0.136. The lowest BCUT2D eigenvalue weighted by Gasteiger charge is -2.30. The van der Waals surface area contributed by atoms with Crippen molar-refractivity contribution in [2.45, 2.75) is 44.3 Å². The van der Waals surface area contributed by atoms with Crippen molar-refractivity contribution >= 4 is 17.5 Å². The molecule has 0 saturated carbocycles. The molecule has 3 rings (SSSR count). The molecule has 2 aliphatic heterocycles. The molecule has 4 heteroatoms. The van der Waals surface area contributed by atoms with Crippen molar-refractivity contribution in [1.82, 2.24) is 10.2 Å².